The average Bonchev–Trinajstić information content (AvgIpc) is 2.87. The van der Waals surface area contributed by atoms with Gasteiger partial charge in [0.2, 0.25) is 5.91 Å². The minimum absolute atomic E-state index is 0.0933. The van der Waals surface area contributed by atoms with Crippen LogP contribution >= 0.6 is 11.8 Å². The van der Waals surface area contributed by atoms with Crippen LogP contribution in [0.2, 0.25) is 0 Å². The molecule has 1 aromatic heterocycles. The number of carbonyl (C=O) groups excluding carboxylic acids is 2. The maximum atomic E-state index is 13.1. The Bertz CT molecular complexity index is 1430. The van der Waals surface area contributed by atoms with Gasteiger partial charge in [0.25, 0.3) is 11.5 Å². The molecule has 7 heteroatoms. The summed E-state index contributed by atoms with van der Waals surface area (Å²) in [6, 6.07) is 22.6. The lowest BCUT2D eigenvalue weighted by Crippen LogP contribution is -2.37. The van der Waals surface area contributed by atoms with Crippen molar-refractivity contribution in [2.75, 3.05) is 17.6 Å². The fraction of sp³-hybridized carbons (Fsp3) is 0.148. The molecule has 1 aliphatic rings. The highest BCUT2D eigenvalue weighted by molar-refractivity contribution is 8.00. The molecule has 0 fully saturated rings. The van der Waals surface area contributed by atoms with Gasteiger partial charge in [0.15, 0.2) is 0 Å². The molecule has 5 rings (SSSR count). The number of aromatic nitrogens is 1. The Labute approximate surface area is 201 Å². The minimum Gasteiger partial charge on any atom is -0.337 e. The number of thioether (sulfide) groups is 1. The summed E-state index contributed by atoms with van der Waals surface area (Å²) in [4.78, 5) is 43.5. The van der Waals surface area contributed by atoms with E-state index in [1.54, 1.807) is 18.3 Å². The molecule has 0 radical (unpaired) electrons. The van der Waals surface area contributed by atoms with Gasteiger partial charge in [-0.1, -0.05) is 36.4 Å². The molecule has 1 aliphatic heterocycles. The first kappa shape index (κ1) is 22.0. The molecule has 0 atom stereocenters. The first-order valence-electron chi connectivity index (χ1n) is 11.1. The van der Waals surface area contributed by atoms with Crippen molar-refractivity contribution >= 4 is 40.0 Å². The number of hydrogen-bond acceptors (Lipinski definition) is 4. The summed E-state index contributed by atoms with van der Waals surface area (Å²) in [5.74, 6) is 0.263. The summed E-state index contributed by atoms with van der Waals surface area (Å²) >= 11 is 1.53. The maximum absolute atomic E-state index is 13.1. The number of pyridine rings is 1. The van der Waals surface area contributed by atoms with Gasteiger partial charge in [0.1, 0.15) is 0 Å². The van der Waals surface area contributed by atoms with E-state index in [1.165, 1.54) is 11.8 Å². The van der Waals surface area contributed by atoms with Gasteiger partial charge in [-0.15, -0.1) is 11.8 Å². The van der Waals surface area contributed by atoms with Gasteiger partial charge < -0.3 is 15.2 Å². The molecule has 0 unspecified atom stereocenters. The van der Waals surface area contributed by atoms with Crippen LogP contribution in [0.5, 0.6) is 0 Å². The normalized spacial score (nSPS) is 12.9. The standard InChI is InChI=1S/C27H23N3O3S/c31-25(17-34-21-6-2-1-3-7-21)30-14-12-22-19(16-30)5-4-8-23(22)27(33)29-20-10-9-18-11-13-28-26(32)24(18)15-20/h1-11,13,15H,12,14,16-17H2,(H,28,32)(H,29,33). The predicted octanol–water partition coefficient (Wildman–Crippen LogP) is 4.46. The summed E-state index contributed by atoms with van der Waals surface area (Å²) in [6.45, 7) is 1.08. The number of nitrogens with zero attached hydrogens (tertiary/aromatic N) is 1. The highest BCUT2D eigenvalue weighted by Crippen LogP contribution is 2.26. The van der Waals surface area contributed by atoms with Gasteiger partial charge in [-0.2, -0.15) is 0 Å². The molecule has 6 nitrogen and oxygen atoms in total. The zero-order chi connectivity index (χ0) is 23.5. The molecule has 0 saturated heterocycles. The van der Waals surface area contributed by atoms with Crippen molar-refractivity contribution in [3.63, 3.8) is 0 Å². The van der Waals surface area contributed by atoms with E-state index in [-0.39, 0.29) is 17.4 Å². The molecule has 34 heavy (non-hydrogen) atoms. The number of fused-ring (bicyclic) bond motifs is 2. The van der Waals surface area contributed by atoms with Crippen molar-refractivity contribution < 1.29 is 9.59 Å². The number of carbonyl (C=O) groups is 2. The quantitative estimate of drug-likeness (QED) is 0.423. The summed E-state index contributed by atoms with van der Waals surface area (Å²) < 4.78 is 0. The highest BCUT2D eigenvalue weighted by Gasteiger charge is 2.24. The highest BCUT2D eigenvalue weighted by atomic mass is 32.2. The molecule has 2 amide bonds. The summed E-state index contributed by atoms with van der Waals surface area (Å²) in [7, 11) is 0. The molecule has 2 heterocycles. The fourth-order valence-electron chi connectivity index (χ4n) is 4.25. The molecule has 0 saturated carbocycles. The van der Waals surface area contributed by atoms with Crippen LogP contribution in [0.25, 0.3) is 10.8 Å². The number of aromatic amines is 1. The molecule has 3 aromatic carbocycles. The van der Waals surface area contributed by atoms with Gasteiger partial charge in [-0.3, -0.25) is 14.4 Å². The van der Waals surface area contributed by atoms with Crippen molar-refractivity contribution in [1.82, 2.24) is 9.88 Å². The second-order valence-electron chi connectivity index (χ2n) is 8.17. The van der Waals surface area contributed by atoms with Crippen LogP contribution < -0.4 is 10.9 Å². The summed E-state index contributed by atoms with van der Waals surface area (Å²) in [6.07, 6.45) is 2.23. The van der Waals surface area contributed by atoms with Crippen LogP contribution in [0.15, 0.2) is 88.7 Å². The SMILES string of the molecule is O=C(Nc1ccc2cc[nH]c(=O)c2c1)c1cccc2c1CCN(C(=O)CSc1ccccc1)C2. The molecular formula is C27H23N3O3S. The third-order valence-corrected chi connectivity index (χ3v) is 7.00. The fourth-order valence-corrected chi connectivity index (χ4v) is 5.07. The Morgan fingerprint density at radius 3 is 2.71 bits per heavy atom. The lowest BCUT2D eigenvalue weighted by atomic mass is 9.94. The third kappa shape index (κ3) is 4.61. The van der Waals surface area contributed by atoms with Crippen LogP contribution in [-0.2, 0) is 17.8 Å². The van der Waals surface area contributed by atoms with E-state index < -0.39 is 0 Å². The van der Waals surface area contributed by atoms with E-state index >= 15 is 0 Å². The average molecular weight is 470 g/mol. The van der Waals surface area contributed by atoms with Crippen molar-refractivity contribution in [1.29, 1.82) is 0 Å². The topological polar surface area (TPSA) is 82.3 Å². The van der Waals surface area contributed by atoms with E-state index in [0.29, 0.717) is 41.9 Å². The lowest BCUT2D eigenvalue weighted by Gasteiger charge is -2.30. The first-order chi connectivity index (χ1) is 16.6. The first-order valence-corrected chi connectivity index (χ1v) is 12.1. The molecule has 4 aromatic rings. The second kappa shape index (κ2) is 9.57. The van der Waals surface area contributed by atoms with E-state index in [9.17, 15) is 14.4 Å². The minimum atomic E-state index is -0.219. The van der Waals surface area contributed by atoms with Crippen LogP contribution in [0.1, 0.15) is 21.5 Å². The van der Waals surface area contributed by atoms with Crippen LogP contribution in [0.3, 0.4) is 0 Å². The van der Waals surface area contributed by atoms with Gasteiger partial charge in [0.05, 0.1) is 5.75 Å². The second-order valence-corrected chi connectivity index (χ2v) is 9.22. The lowest BCUT2D eigenvalue weighted by molar-refractivity contribution is -0.129. The van der Waals surface area contributed by atoms with E-state index in [0.717, 1.165) is 21.4 Å². The molecule has 0 bridgehead atoms. The Morgan fingerprint density at radius 2 is 1.85 bits per heavy atom. The molecule has 0 spiro atoms. The van der Waals surface area contributed by atoms with E-state index in [4.69, 9.17) is 0 Å². The van der Waals surface area contributed by atoms with Crippen molar-refractivity contribution in [2.24, 2.45) is 0 Å². The van der Waals surface area contributed by atoms with Gasteiger partial charge in [-0.05, 0) is 59.3 Å². The zero-order valence-electron chi connectivity index (χ0n) is 18.4. The maximum Gasteiger partial charge on any atom is 0.255 e. The summed E-state index contributed by atoms with van der Waals surface area (Å²) in [5.41, 5.74) is 2.94. The number of amides is 2. The van der Waals surface area contributed by atoms with Gasteiger partial charge in [0, 0.05) is 40.8 Å². The Hall–Kier alpha value is -3.84. The number of hydrogen-bond donors (Lipinski definition) is 2. The number of H-pyrrole nitrogens is 1. The predicted molar refractivity (Wildman–Crippen MR) is 135 cm³/mol. The number of anilines is 1. The third-order valence-electron chi connectivity index (χ3n) is 6.00. The van der Waals surface area contributed by atoms with Crippen molar-refractivity contribution in [2.45, 2.75) is 17.9 Å². The smallest absolute Gasteiger partial charge is 0.255 e. The Balaban J connectivity index is 1.29. The number of nitrogens with one attached hydrogen (secondary N) is 2. The monoisotopic (exact) mass is 469 g/mol. The van der Waals surface area contributed by atoms with E-state index in [2.05, 4.69) is 10.3 Å². The van der Waals surface area contributed by atoms with Crippen LogP contribution in [-0.4, -0.2) is 34.0 Å². The summed E-state index contributed by atoms with van der Waals surface area (Å²) in [5, 5.41) is 4.26. The largest absolute Gasteiger partial charge is 0.337 e. The number of rotatable bonds is 5. The molecule has 170 valence electrons. The van der Waals surface area contributed by atoms with E-state index in [1.807, 2.05) is 65.6 Å². The molecule has 2 N–H and O–H groups in total. The van der Waals surface area contributed by atoms with Gasteiger partial charge >= 0.3 is 0 Å². The number of benzene rings is 3. The Kier molecular flexibility index (Phi) is 6.18. The zero-order valence-corrected chi connectivity index (χ0v) is 19.2. The molecular weight excluding hydrogens is 446 g/mol. The Morgan fingerprint density at radius 1 is 1.00 bits per heavy atom. The molecule has 0 aliphatic carbocycles. The van der Waals surface area contributed by atoms with Crippen molar-refractivity contribution in [3.8, 4) is 0 Å². The van der Waals surface area contributed by atoms with Crippen LogP contribution in [0, 0.1) is 0 Å². The van der Waals surface area contributed by atoms with Crippen LogP contribution in [0.4, 0.5) is 5.69 Å². The van der Waals surface area contributed by atoms with Crippen molar-refractivity contribution in [3.05, 3.63) is 106 Å². The van der Waals surface area contributed by atoms with Gasteiger partial charge in [-0.25, -0.2) is 0 Å².